The van der Waals surface area contributed by atoms with Crippen molar-refractivity contribution in [3.05, 3.63) is 0 Å². The molecular weight excluding hydrogens is 145 g/mol. The van der Waals surface area contributed by atoms with Crippen LogP contribution in [0.2, 0.25) is 0 Å². The van der Waals surface area contributed by atoms with Gasteiger partial charge in [-0.25, -0.2) is 13.2 Å². The molecule has 2 nitrogen and oxygen atoms in total. The van der Waals surface area contributed by atoms with E-state index in [1.807, 2.05) is 0 Å². The Morgan fingerprint density at radius 2 is 2.40 bits per heavy atom. The van der Waals surface area contributed by atoms with Crippen molar-refractivity contribution in [1.82, 2.24) is 5.32 Å². The van der Waals surface area contributed by atoms with Crippen LogP contribution in [0.15, 0.2) is 4.99 Å². The third-order valence-corrected chi connectivity index (χ3v) is 1.47. The van der Waals surface area contributed by atoms with Gasteiger partial charge in [-0.05, 0) is 0 Å². The van der Waals surface area contributed by atoms with Crippen molar-refractivity contribution < 1.29 is 13.2 Å². The van der Waals surface area contributed by atoms with Crippen molar-refractivity contribution in [1.29, 1.82) is 0 Å². The van der Waals surface area contributed by atoms with Crippen LogP contribution in [0.4, 0.5) is 13.2 Å². The van der Waals surface area contributed by atoms with E-state index < -0.39 is 18.6 Å². The van der Waals surface area contributed by atoms with E-state index in [0.717, 1.165) is 6.34 Å². The van der Waals surface area contributed by atoms with Crippen molar-refractivity contribution in [2.75, 3.05) is 13.2 Å². The van der Waals surface area contributed by atoms with Crippen LogP contribution >= 0.6 is 0 Å². The van der Waals surface area contributed by atoms with Gasteiger partial charge in [-0.3, -0.25) is 4.99 Å². The zero-order chi connectivity index (χ0) is 7.61. The summed E-state index contributed by atoms with van der Waals surface area (Å²) < 4.78 is 36.0. The highest BCUT2D eigenvalue weighted by Gasteiger charge is 2.41. The summed E-state index contributed by atoms with van der Waals surface area (Å²) >= 11 is 0. The van der Waals surface area contributed by atoms with E-state index in [1.165, 1.54) is 0 Å². The van der Waals surface area contributed by atoms with E-state index in [-0.39, 0.29) is 6.54 Å². The number of rotatable bonds is 2. The third-order valence-electron chi connectivity index (χ3n) is 1.47. The number of aliphatic imine (C=N–C) groups is 1. The standard InChI is InChI=1S/C5H7F3N2/c6-1-5(4(7)8)2-9-3-10-5/h3-4H,1-2H2,(H,9,10). The van der Waals surface area contributed by atoms with Crippen molar-refractivity contribution in [3.8, 4) is 0 Å². The molecule has 10 heavy (non-hydrogen) atoms. The fourth-order valence-electron chi connectivity index (χ4n) is 0.700. The van der Waals surface area contributed by atoms with Gasteiger partial charge in [0.1, 0.15) is 12.2 Å². The molecule has 58 valence electrons. The van der Waals surface area contributed by atoms with E-state index >= 15 is 0 Å². The van der Waals surface area contributed by atoms with Crippen LogP contribution in [0, 0.1) is 0 Å². The summed E-state index contributed by atoms with van der Waals surface area (Å²) in [6, 6.07) is 0. The minimum Gasteiger partial charge on any atom is -0.362 e. The van der Waals surface area contributed by atoms with Gasteiger partial charge in [0, 0.05) is 0 Å². The largest absolute Gasteiger partial charge is 0.362 e. The molecule has 0 radical (unpaired) electrons. The van der Waals surface area contributed by atoms with Crippen molar-refractivity contribution in [2.45, 2.75) is 12.0 Å². The average Bonchev–Trinajstić information content (AvgIpc) is 2.35. The molecule has 0 aromatic carbocycles. The van der Waals surface area contributed by atoms with Gasteiger partial charge in [-0.15, -0.1) is 0 Å². The van der Waals surface area contributed by atoms with Gasteiger partial charge in [0.05, 0.1) is 12.9 Å². The Morgan fingerprint density at radius 1 is 1.70 bits per heavy atom. The molecule has 1 atom stereocenters. The molecular formula is C5H7F3N2. The summed E-state index contributed by atoms with van der Waals surface area (Å²) in [5.74, 6) is 0. The minimum absolute atomic E-state index is 0.179. The molecule has 0 aromatic heterocycles. The molecule has 0 fully saturated rings. The number of nitrogens with zero attached hydrogens (tertiary/aromatic N) is 1. The normalized spacial score (nSPS) is 31.2. The van der Waals surface area contributed by atoms with Gasteiger partial charge < -0.3 is 5.32 Å². The highest BCUT2D eigenvalue weighted by molar-refractivity contribution is 5.59. The number of hydrogen-bond acceptors (Lipinski definition) is 2. The Hall–Kier alpha value is -0.740. The first-order valence-electron chi connectivity index (χ1n) is 2.81. The van der Waals surface area contributed by atoms with E-state index in [4.69, 9.17) is 0 Å². The van der Waals surface area contributed by atoms with E-state index in [0.29, 0.717) is 0 Å². The lowest BCUT2D eigenvalue weighted by atomic mass is 10.0. The smallest absolute Gasteiger partial charge is 0.265 e. The monoisotopic (exact) mass is 152 g/mol. The zero-order valence-corrected chi connectivity index (χ0v) is 5.15. The number of halogens is 3. The highest BCUT2D eigenvalue weighted by atomic mass is 19.3. The van der Waals surface area contributed by atoms with Crippen molar-refractivity contribution in [2.24, 2.45) is 4.99 Å². The van der Waals surface area contributed by atoms with Crippen LogP contribution < -0.4 is 5.32 Å². The Labute approximate surface area is 56.1 Å². The van der Waals surface area contributed by atoms with Gasteiger partial charge in [-0.1, -0.05) is 0 Å². The van der Waals surface area contributed by atoms with E-state index in [9.17, 15) is 13.2 Å². The van der Waals surface area contributed by atoms with E-state index in [2.05, 4.69) is 10.3 Å². The van der Waals surface area contributed by atoms with Crippen molar-refractivity contribution in [3.63, 3.8) is 0 Å². The van der Waals surface area contributed by atoms with Crippen LogP contribution in [0.25, 0.3) is 0 Å². The van der Waals surface area contributed by atoms with Gasteiger partial charge >= 0.3 is 0 Å². The predicted octanol–water partition coefficient (Wildman–Crippen LogP) is 0.591. The van der Waals surface area contributed by atoms with Crippen LogP contribution in [0.1, 0.15) is 0 Å². The minimum atomic E-state index is -2.71. The average molecular weight is 152 g/mol. The van der Waals surface area contributed by atoms with Gasteiger partial charge in [-0.2, -0.15) is 0 Å². The lowest BCUT2D eigenvalue weighted by Crippen LogP contribution is -2.51. The summed E-state index contributed by atoms with van der Waals surface area (Å²) in [6.07, 6.45) is -1.59. The maximum absolute atomic E-state index is 12.0. The Kier molecular flexibility index (Phi) is 1.82. The van der Waals surface area contributed by atoms with Gasteiger partial charge in [0.2, 0.25) is 0 Å². The molecule has 1 unspecified atom stereocenters. The second kappa shape index (κ2) is 2.48. The number of alkyl halides is 3. The first kappa shape index (κ1) is 7.37. The predicted molar refractivity (Wildman–Crippen MR) is 31.2 cm³/mol. The topological polar surface area (TPSA) is 24.4 Å². The summed E-state index contributed by atoms with van der Waals surface area (Å²) in [5.41, 5.74) is -1.74. The van der Waals surface area contributed by atoms with Gasteiger partial charge in [0.15, 0.2) is 0 Å². The van der Waals surface area contributed by atoms with Crippen LogP contribution in [-0.4, -0.2) is 31.5 Å². The second-order valence-corrected chi connectivity index (χ2v) is 2.20. The first-order valence-corrected chi connectivity index (χ1v) is 2.81. The molecule has 0 amide bonds. The third kappa shape index (κ3) is 0.955. The van der Waals surface area contributed by atoms with Crippen LogP contribution in [-0.2, 0) is 0 Å². The van der Waals surface area contributed by atoms with Gasteiger partial charge in [0.25, 0.3) is 6.43 Å². The lowest BCUT2D eigenvalue weighted by molar-refractivity contribution is 0.0370. The quantitative estimate of drug-likeness (QED) is 0.615. The molecule has 1 heterocycles. The fourth-order valence-corrected chi connectivity index (χ4v) is 0.700. The second-order valence-electron chi connectivity index (χ2n) is 2.20. The Bertz CT molecular complexity index is 138. The maximum Gasteiger partial charge on any atom is 0.265 e. The van der Waals surface area contributed by atoms with Crippen LogP contribution in [0.5, 0.6) is 0 Å². The molecule has 1 N–H and O–H groups in total. The molecule has 0 spiro atoms. The molecule has 0 bridgehead atoms. The fraction of sp³-hybridized carbons (Fsp3) is 0.800. The maximum atomic E-state index is 12.0. The molecule has 0 aliphatic carbocycles. The Morgan fingerprint density at radius 3 is 2.60 bits per heavy atom. The van der Waals surface area contributed by atoms with Crippen LogP contribution in [0.3, 0.4) is 0 Å². The molecule has 1 aliphatic rings. The number of nitrogens with one attached hydrogen (secondary N) is 1. The Balaban J connectivity index is 2.61. The molecule has 1 aliphatic heterocycles. The lowest BCUT2D eigenvalue weighted by Gasteiger charge is -2.23. The summed E-state index contributed by atoms with van der Waals surface area (Å²) in [5, 5.41) is 2.20. The highest BCUT2D eigenvalue weighted by Crippen LogP contribution is 2.19. The number of hydrogen-bond donors (Lipinski definition) is 1. The zero-order valence-electron chi connectivity index (χ0n) is 5.15. The van der Waals surface area contributed by atoms with Crippen molar-refractivity contribution >= 4 is 6.34 Å². The summed E-state index contributed by atoms with van der Waals surface area (Å²) in [7, 11) is 0. The molecule has 5 heteroatoms. The summed E-state index contributed by atoms with van der Waals surface area (Å²) in [6.45, 7) is -1.27. The molecule has 1 rings (SSSR count). The van der Waals surface area contributed by atoms with E-state index in [1.54, 1.807) is 0 Å². The molecule has 0 aromatic rings. The molecule has 0 saturated heterocycles. The SMILES string of the molecule is FCC1(C(F)F)CN=CN1. The summed E-state index contributed by atoms with van der Waals surface area (Å²) in [4.78, 5) is 3.47. The molecule has 0 saturated carbocycles. The first-order chi connectivity index (χ1) is 4.71.